The lowest BCUT2D eigenvalue weighted by Crippen LogP contribution is -2.30. The molecule has 17 nitrogen and oxygen atoms in total. The van der Waals surface area contributed by atoms with Gasteiger partial charge in [0.2, 0.25) is 0 Å². The number of carbonyl (C=O) groups excluding carboxylic acids is 4. The first-order chi connectivity index (χ1) is 46.5. The molecule has 96 heavy (non-hydrogen) atoms. The summed E-state index contributed by atoms with van der Waals surface area (Å²) in [5.41, 5.74) is 0. The van der Waals surface area contributed by atoms with Crippen LogP contribution >= 0.6 is 15.6 Å². The van der Waals surface area contributed by atoms with Gasteiger partial charge in [-0.15, -0.1) is 0 Å². The molecule has 0 amide bonds. The van der Waals surface area contributed by atoms with Crippen LogP contribution in [0.15, 0.2) is 0 Å². The fraction of sp³-hybridized carbons (Fsp3) is 0.948. The molecule has 5 atom stereocenters. The van der Waals surface area contributed by atoms with E-state index in [0.717, 1.165) is 95.8 Å². The van der Waals surface area contributed by atoms with Crippen LogP contribution in [0.5, 0.6) is 0 Å². The average Bonchev–Trinajstić information content (AvgIpc) is 1.13. The molecule has 0 rings (SSSR count). The Balaban J connectivity index is 5.24. The number of aliphatic hydroxyl groups excluding tert-OH is 1. The van der Waals surface area contributed by atoms with Crippen molar-refractivity contribution in [1.82, 2.24) is 0 Å². The molecule has 0 heterocycles. The van der Waals surface area contributed by atoms with E-state index in [1.54, 1.807) is 0 Å². The summed E-state index contributed by atoms with van der Waals surface area (Å²) in [6, 6.07) is 0. The largest absolute Gasteiger partial charge is 0.472 e. The van der Waals surface area contributed by atoms with Crippen molar-refractivity contribution in [3.63, 3.8) is 0 Å². The molecule has 0 aliphatic rings. The summed E-state index contributed by atoms with van der Waals surface area (Å²) >= 11 is 0. The highest BCUT2D eigenvalue weighted by Crippen LogP contribution is 2.45. The van der Waals surface area contributed by atoms with E-state index < -0.39 is 97.5 Å². The second-order valence-corrected chi connectivity index (χ2v) is 31.1. The van der Waals surface area contributed by atoms with Crippen molar-refractivity contribution in [2.75, 3.05) is 39.6 Å². The molecule has 0 aromatic carbocycles. The summed E-state index contributed by atoms with van der Waals surface area (Å²) in [7, 11) is -9.91. The number of carbonyl (C=O) groups is 4. The van der Waals surface area contributed by atoms with Gasteiger partial charge < -0.3 is 33.8 Å². The maximum atomic E-state index is 13.1. The third-order valence-corrected chi connectivity index (χ3v) is 19.9. The van der Waals surface area contributed by atoms with E-state index in [1.807, 2.05) is 0 Å². The molecular weight excluding hydrogens is 1260 g/mol. The predicted molar refractivity (Wildman–Crippen MR) is 391 cm³/mol. The number of unbranched alkanes of at least 4 members (excludes halogenated alkanes) is 49. The Kier molecular flexibility index (Phi) is 68.7. The summed E-state index contributed by atoms with van der Waals surface area (Å²) < 4.78 is 68.6. The number of phosphoric ester groups is 2. The van der Waals surface area contributed by atoms with Crippen LogP contribution in [0.2, 0.25) is 0 Å². The number of hydrogen-bond donors (Lipinski definition) is 3. The van der Waals surface area contributed by atoms with E-state index in [0.29, 0.717) is 25.7 Å². The topological polar surface area (TPSA) is 237 Å². The van der Waals surface area contributed by atoms with Crippen molar-refractivity contribution in [3.05, 3.63) is 0 Å². The molecule has 0 bridgehead atoms. The van der Waals surface area contributed by atoms with Crippen LogP contribution < -0.4 is 0 Å². The lowest BCUT2D eigenvalue weighted by Gasteiger charge is -2.21. The normalized spacial score (nSPS) is 13.9. The molecule has 3 N–H and O–H groups in total. The zero-order valence-electron chi connectivity index (χ0n) is 62.5. The predicted octanol–water partition coefficient (Wildman–Crippen LogP) is 22.9. The Hall–Kier alpha value is -1.94. The minimum absolute atomic E-state index is 0.107. The van der Waals surface area contributed by atoms with Crippen LogP contribution in [0, 0.1) is 5.92 Å². The van der Waals surface area contributed by atoms with Crippen molar-refractivity contribution < 1.29 is 80.2 Å². The van der Waals surface area contributed by atoms with Gasteiger partial charge in [0, 0.05) is 25.7 Å². The van der Waals surface area contributed by atoms with Crippen LogP contribution in [-0.4, -0.2) is 96.7 Å². The van der Waals surface area contributed by atoms with Gasteiger partial charge in [-0.2, -0.15) is 0 Å². The molecule has 0 spiro atoms. The average molecular weight is 1410 g/mol. The molecule has 570 valence electrons. The Bertz CT molecular complexity index is 1840. The van der Waals surface area contributed by atoms with Crippen LogP contribution in [0.1, 0.15) is 407 Å². The number of phosphoric acid groups is 2. The second-order valence-electron chi connectivity index (χ2n) is 28.2. The monoisotopic (exact) mass is 1410 g/mol. The first-order valence-electron chi connectivity index (χ1n) is 40.1. The lowest BCUT2D eigenvalue weighted by molar-refractivity contribution is -0.161. The fourth-order valence-electron chi connectivity index (χ4n) is 11.9. The highest BCUT2D eigenvalue weighted by atomic mass is 31.2. The molecule has 0 fully saturated rings. The number of ether oxygens (including phenoxy) is 4. The number of aliphatic hydroxyl groups is 1. The van der Waals surface area contributed by atoms with Crippen LogP contribution in [-0.2, 0) is 65.4 Å². The zero-order chi connectivity index (χ0) is 70.5. The standard InChI is InChI=1S/C77H150O17P2/c1-6-9-12-15-18-21-24-26-28-30-32-36-41-46-51-56-61-75(80)88-67-73(93-76(81)62-57-52-47-42-37-33-31-29-27-25-22-19-16-13-10-7-2)69-92-96(85,86)90-65-71(78)64-89-95(83,84)91-68-72(66-87-74(79)60-55-50-45-40-23-20-17-14-11-8-3)94-77(82)63-58-53-48-43-38-34-35-39-44-49-54-59-70(4)5/h70-73,78H,6-69H2,1-5H3,(H,83,84)(H,85,86)/t71-,72+,73+/m0/s1. The molecular formula is C77H150O17P2. The first-order valence-corrected chi connectivity index (χ1v) is 43.1. The summed E-state index contributed by atoms with van der Waals surface area (Å²) in [5, 5.41) is 10.6. The van der Waals surface area contributed by atoms with E-state index in [9.17, 15) is 43.2 Å². The molecule has 0 saturated heterocycles. The quantitative estimate of drug-likeness (QED) is 0.0222. The van der Waals surface area contributed by atoms with Gasteiger partial charge in [0.1, 0.15) is 19.3 Å². The van der Waals surface area contributed by atoms with Gasteiger partial charge in [-0.25, -0.2) is 9.13 Å². The number of esters is 4. The van der Waals surface area contributed by atoms with E-state index in [2.05, 4.69) is 34.6 Å². The third kappa shape index (κ3) is 70.5. The van der Waals surface area contributed by atoms with Crippen LogP contribution in [0.3, 0.4) is 0 Å². The first kappa shape index (κ1) is 94.1. The SMILES string of the molecule is CCCCCCCCCCCCCCCCCCC(=O)OC[C@H](COP(=O)(O)OC[C@@H](O)COP(=O)(O)OC[C@@H](COC(=O)CCCCCCCCCCCC)OC(=O)CCCCCCCCCCCCCC(C)C)OC(=O)CCCCCCCCCCCCCCCCCC. The third-order valence-electron chi connectivity index (χ3n) is 18.0. The Labute approximate surface area is 588 Å². The van der Waals surface area contributed by atoms with Gasteiger partial charge in [0.15, 0.2) is 12.2 Å². The van der Waals surface area contributed by atoms with E-state index >= 15 is 0 Å². The van der Waals surface area contributed by atoms with Crippen molar-refractivity contribution in [3.8, 4) is 0 Å². The van der Waals surface area contributed by atoms with Gasteiger partial charge >= 0.3 is 39.5 Å². The minimum atomic E-state index is -4.96. The maximum absolute atomic E-state index is 13.1. The molecule has 0 aromatic rings. The van der Waals surface area contributed by atoms with Crippen molar-refractivity contribution in [2.24, 2.45) is 5.92 Å². The molecule has 0 aliphatic carbocycles. The second kappa shape index (κ2) is 70.1. The van der Waals surface area contributed by atoms with Gasteiger partial charge in [-0.1, -0.05) is 356 Å². The molecule has 19 heteroatoms. The highest BCUT2D eigenvalue weighted by Gasteiger charge is 2.30. The Morgan fingerprint density at radius 1 is 0.281 bits per heavy atom. The van der Waals surface area contributed by atoms with Crippen molar-refractivity contribution in [2.45, 2.75) is 425 Å². The summed E-state index contributed by atoms with van der Waals surface area (Å²) in [4.78, 5) is 72.9. The highest BCUT2D eigenvalue weighted by molar-refractivity contribution is 7.47. The van der Waals surface area contributed by atoms with E-state index in [1.165, 1.54) is 231 Å². The summed E-state index contributed by atoms with van der Waals surface area (Å²) in [5.74, 6) is -1.34. The van der Waals surface area contributed by atoms with Crippen LogP contribution in [0.4, 0.5) is 0 Å². The van der Waals surface area contributed by atoms with E-state index in [4.69, 9.17) is 37.0 Å². The van der Waals surface area contributed by atoms with Gasteiger partial charge in [-0.3, -0.25) is 37.3 Å². The van der Waals surface area contributed by atoms with Crippen LogP contribution in [0.25, 0.3) is 0 Å². The maximum Gasteiger partial charge on any atom is 0.472 e. The molecule has 0 saturated carbocycles. The molecule has 0 aromatic heterocycles. The number of rotatable bonds is 77. The van der Waals surface area contributed by atoms with Gasteiger partial charge in [0.05, 0.1) is 26.4 Å². The molecule has 2 unspecified atom stereocenters. The van der Waals surface area contributed by atoms with Gasteiger partial charge in [-0.05, 0) is 31.6 Å². The summed E-state index contributed by atoms with van der Waals surface area (Å²) in [6.07, 6.45) is 59.5. The van der Waals surface area contributed by atoms with Crippen molar-refractivity contribution in [1.29, 1.82) is 0 Å². The number of hydrogen-bond acceptors (Lipinski definition) is 15. The van der Waals surface area contributed by atoms with Crippen molar-refractivity contribution >= 4 is 39.5 Å². The molecule has 0 radical (unpaired) electrons. The van der Waals surface area contributed by atoms with E-state index in [-0.39, 0.29) is 25.7 Å². The molecule has 0 aliphatic heterocycles. The Morgan fingerprint density at radius 3 is 0.708 bits per heavy atom. The smallest absolute Gasteiger partial charge is 0.462 e. The fourth-order valence-corrected chi connectivity index (χ4v) is 13.5. The zero-order valence-corrected chi connectivity index (χ0v) is 64.3. The summed E-state index contributed by atoms with van der Waals surface area (Å²) in [6.45, 7) is 7.30. The lowest BCUT2D eigenvalue weighted by atomic mass is 10.0. The van der Waals surface area contributed by atoms with Gasteiger partial charge in [0.25, 0.3) is 0 Å². The minimum Gasteiger partial charge on any atom is -0.462 e. The Morgan fingerprint density at radius 2 is 0.479 bits per heavy atom.